The summed E-state index contributed by atoms with van der Waals surface area (Å²) in [6.45, 7) is 9.72. The van der Waals surface area contributed by atoms with Crippen LogP contribution < -0.4 is 5.32 Å². The van der Waals surface area contributed by atoms with Gasteiger partial charge in [0.25, 0.3) is 0 Å². The highest BCUT2D eigenvalue weighted by Gasteiger charge is 2.15. The van der Waals surface area contributed by atoms with Crippen LogP contribution in [0.1, 0.15) is 19.4 Å². The highest BCUT2D eigenvalue weighted by atomic mass is 35.5. The lowest BCUT2D eigenvalue weighted by atomic mass is 10.2. The Morgan fingerprint density at radius 1 is 1.56 bits per heavy atom. The molecule has 0 radical (unpaired) electrons. The summed E-state index contributed by atoms with van der Waals surface area (Å²) in [5.41, 5.74) is 1.32. The van der Waals surface area contributed by atoms with Crippen molar-refractivity contribution in [2.24, 2.45) is 0 Å². The average molecular weight is 245 g/mol. The van der Waals surface area contributed by atoms with Crippen molar-refractivity contribution in [3.8, 4) is 0 Å². The molecule has 1 fully saturated rings. The molecule has 5 heteroatoms. The number of nitrogens with zero attached hydrogens (tertiary/aromatic N) is 3. The molecule has 1 saturated heterocycles. The number of aryl methyl sites for hydroxylation is 1. The molecule has 0 unspecified atom stereocenters. The second-order valence-electron chi connectivity index (χ2n) is 4.29. The van der Waals surface area contributed by atoms with E-state index in [1.54, 1.807) is 0 Å². The Morgan fingerprint density at radius 3 is 3.00 bits per heavy atom. The monoisotopic (exact) mass is 244 g/mol. The van der Waals surface area contributed by atoms with Crippen molar-refractivity contribution < 1.29 is 0 Å². The van der Waals surface area contributed by atoms with Crippen LogP contribution in [0, 0.1) is 0 Å². The summed E-state index contributed by atoms with van der Waals surface area (Å²) in [7, 11) is 0. The Hall–Kier alpha value is -0.580. The molecular formula is C11H21ClN4. The first kappa shape index (κ1) is 13.5. The highest BCUT2D eigenvalue weighted by Crippen LogP contribution is 2.06. The molecule has 1 aliphatic rings. The molecule has 1 atom stereocenters. The number of hydrogen-bond donors (Lipinski definition) is 1. The second-order valence-corrected chi connectivity index (χ2v) is 4.29. The molecule has 0 aromatic carbocycles. The number of rotatable bonds is 3. The van der Waals surface area contributed by atoms with Crippen LogP contribution in [0.4, 0.5) is 0 Å². The van der Waals surface area contributed by atoms with Gasteiger partial charge in [0.1, 0.15) is 0 Å². The van der Waals surface area contributed by atoms with Crippen molar-refractivity contribution in [3.05, 3.63) is 18.0 Å². The van der Waals surface area contributed by atoms with Crippen molar-refractivity contribution in [1.82, 2.24) is 20.0 Å². The molecule has 1 aromatic rings. The van der Waals surface area contributed by atoms with Crippen LogP contribution in [0.15, 0.2) is 12.4 Å². The lowest BCUT2D eigenvalue weighted by molar-refractivity contribution is 0.199. The van der Waals surface area contributed by atoms with E-state index in [0.717, 1.165) is 32.7 Å². The molecule has 2 rings (SSSR count). The predicted octanol–water partition coefficient (Wildman–Crippen LogP) is 1.12. The van der Waals surface area contributed by atoms with E-state index in [-0.39, 0.29) is 12.4 Å². The minimum absolute atomic E-state index is 0. The summed E-state index contributed by atoms with van der Waals surface area (Å²) >= 11 is 0. The fraction of sp³-hybridized carbons (Fsp3) is 0.727. The van der Waals surface area contributed by atoms with E-state index < -0.39 is 0 Å². The smallest absolute Gasteiger partial charge is 0.0534 e. The molecule has 0 spiro atoms. The maximum atomic E-state index is 4.29. The summed E-state index contributed by atoms with van der Waals surface area (Å²) in [6.07, 6.45) is 4.13. The molecule has 0 aliphatic carbocycles. The third kappa shape index (κ3) is 3.47. The SMILES string of the molecule is CCn1cc(CN2CCN[C@H](C)C2)cn1.Cl. The predicted molar refractivity (Wildman–Crippen MR) is 67.9 cm³/mol. The van der Waals surface area contributed by atoms with Gasteiger partial charge in [0.2, 0.25) is 0 Å². The van der Waals surface area contributed by atoms with Crippen LogP contribution in [0.25, 0.3) is 0 Å². The molecule has 0 amide bonds. The summed E-state index contributed by atoms with van der Waals surface area (Å²) in [5.74, 6) is 0. The molecule has 4 nitrogen and oxygen atoms in total. The Morgan fingerprint density at radius 2 is 2.38 bits per heavy atom. The maximum Gasteiger partial charge on any atom is 0.0534 e. The molecule has 0 bridgehead atoms. The Labute approximate surface area is 103 Å². The van der Waals surface area contributed by atoms with Gasteiger partial charge in [-0.1, -0.05) is 0 Å². The topological polar surface area (TPSA) is 33.1 Å². The van der Waals surface area contributed by atoms with Gasteiger partial charge in [-0.25, -0.2) is 0 Å². The van der Waals surface area contributed by atoms with Crippen molar-refractivity contribution in [3.63, 3.8) is 0 Å². The third-order valence-corrected chi connectivity index (χ3v) is 2.87. The van der Waals surface area contributed by atoms with Gasteiger partial charge in [-0.05, 0) is 13.8 Å². The van der Waals surface area contributed by atoms with E-state index in [1.807, 2.05) is 10.9 Å². The van der Waals surface area contributed by atoms with Crippen LogP contribution >= 0.6 is 12.4 Å². The number of piperazine rings is 1. The average Bonchev–Trinajstić information content (AvgIpc) is 2.65. The molecule has 1 aliphatic heterocycles. The Balaban J connectivity index is 0.00000128. The number of hydrogen-bond acceptors (Lipinski definition) is 3. The Bertz CT molecular complexity index is 313. The van der Waals surface area contributed by atoms with E-state index in [2.05, 4.69) is 35.4 Å². The maximum absolute atomic E-state index is 4.29. The summed E-state index contributed by atoms with van der Waals surface area (Å²) in [5, 5.41) is 7.75. The normalized spacial score (nSPS) is 21.8. The lowest BCUT2D eigenvalue weighted by Gasteiger charge is -2.31. The molecule has 2 heterocycles. The third-order valence-electron chi connectivity index (χ3n) is 2.87. The summed E-state index contributed by atoms with van der Waals surface area (Å²) < 4.78 is 1.99. The minimum Gasteiger partial charge on any atom is -0.312 e. The van der Waals surface area contributed by atoms with E-state index in [0.29, 0.717) is 6.04 Å². The first-order valence-electron chi connectivity index (χ1n) is 5.75. The largest absolute Gasteiger partial charge is 0.312 e. The molecular weight excluding hydrogens is 224 g/mol. The second kappa shape index (κ2) is 6.23. The summed E-state index contributed by atoms with van der Waals surface area (Å²) in [6, 6.07) is 0.611. The van der Waals surface area contributed by atoms with Crippen LogP contribution in [0.5, 0.6) is 0 Å². The molecule has 16 heavy (non-hydrogen) atoms. The summed E-state index contributed by atoms with van der Waals surface area (Å²) in [4.78, 5) is 2.48. The van der Waals surface area contributed by atoms with Gasteiger partial charge < -0.3 is 5.32 Å². The minimum atomic E-state index is 0. The van der Waals surface area contributed by atoms with Gasteiger partial charge in [0.15, 0.2) is 0 Å². The number of halogens is 1. The van der Waals surface area contributed by atoms with Gasteiger partial charge in [0, 0.05) is 50.5 Å². The molecule has 1 N–H and O–H groups in total. The lowest BCUT2D eigenvalue weighted by Crippen LogP contribution is -2.48. The standard InChI is InChI=1S/C11H20N4.ClH/c1-3-15-9-11(6-13-15)8-14-5-4-12-10(2)7-14;/h6,9-10,12H,3-5,7-8H2,1-2H3;1H/t10-;/m1./s1. The molecule has 1 aromatic heterocycles. The fourth-order valence-electron chi connectivity index (χ4n) is 2.07. The van der Waals surface area contributed by atoms with E-state index in [1.165, 1.54) is 5.56 Å². The van der Waals surface area contributed by atoms with Crippen molar-refractivity contribution in [2.75, 3.05) is 19.6 Å². The zero-order valence-electron chi connectivity index (χ0n) is 10.0. The van der Waals surface area contributed by atoms with Gasteiger partial charge in [0.05, 0.1) is 6.20 Å². The zero-order chi connectivity index (χ0) is 10.7. The fourth-order valence-corrected chi connectivity index (χ4v) is 2.07. The quantitative estimate of drug-likeness (QED) is 0.865. The van der Waals surface area contributed by atoms with Crippen LogP contribution in [-0.4, -0.2) is 40.4 Å². The Kier molecular flexibility index (Phi) is 5.25. The zero-order valence-corrected chi connectivity index (χ0v) is 10.8. The number of aromatic nitrogens is 2. The van der Waals surface area contributed by atoms with Crippen LogP contribution in [0.2, 0.25) is 0 Å². The van der Waals surface area contributed by atoms with E-state index >= 15 is 0 Å². The van der Waals surface area contributed by atoms with Gasteiger partial charge in [-0.2, -0.15) is 5.10 Å². The number of nitrogens with one attached hydrogen (secondary N) is 1. The van der Waals surface area contributed by atoms with Crippen molar-refractivity contribution >= 4 is 12.4 Å². The van der Waals surface area contributed by atoms with E-state index in [4.69, 9.17) is 0 Å². The first-order chi connectivity index (χ1) is 7.28. The molecule has 0 saturated carbocycles. The van der Waals surface area contributed by atoms with Gasteiger partial charge in [-0.3, -0.25) is 9.58 Å². The van der Waals surface area contributed by atoms with Crippen molar-refractivity contribution in [1.29, 1.82) is 0 Å². The van der Waals surface area contributed by atoms with Crippen LogP contribution in [0.3, 0.4) is 0 Å². The van der Waals surface area contributed by atoms with Gasteiger partial charge in [-0.15, -0.1) is 12.4 Å². The first-order valence-corrected chi connectivity index (χ1v) is 5.75. The van der Waals surface area contributed by atoms with E-state index in [9.17, 15) is 0 Å². The van der Waals surface area contributed by atoms with Crippen molar-refractivity contribution in [2.45, 2.75) is 33.0 Å². The highest BCUT2D eigenvalue weighted by molar-refractivity contribution is 5.85. The molecule has 92 valence electrons. The van der Waals surface area contributed by atoms with Crippen LogP contribution in [-0.2, 0) is 13.1 Å². The van der Waals surface area contributed by atoms with Gasteiger partial charge >= 0.3 is 0 Å².